The predicted molar refractivity (Wildman–Crippen MR) is 66.3 cm³/mol. The second-order valence-electron chi connectivity index (χ2n) is 5.36. The van der Waals surface area contributed by atoms with Gasteiger partial charge in [0.05, 0.1) is 0 Å². The minimum Gasteiger partial charge on any atom is -0.351 e. The van der Waals surface area contributed by atoms with Gasteiger partial charge in [0.25, 0.3) is 5.91 Å². The first-order valence-electron chi connectivity index (χ1n) is 6.04. The van der Waals surface area contributed by atoms with Crippen LogP contribution in [0.25, 0.3) is 0 Å². The lowest BCUT2D eigenvalue weighted by Crippen LogP contribution is -2.47. The Balaban J connectivity index is 2.71. The van der Waals surface area contributed by atoms with Gasteiger partial charge in [0.15, 0.2) is 5.96 Å². The van der Waals surface area contributed by atoms with Gasteiger partial charge in [-0.05, 0) is 26.7 Å². The van der Waals surface area contributed by atoms with Gasteiger partial charge in [-0.2, -0.15) is 0 Å². The summed E-state index contributed by atoms with van der Waals surface area (Å²) in [6.45, 7) is 10.3. The Morgan fingerprint density at radius 1 is 1.38 bits per heavy atom. The first-order valence-corrected chi connectivity index (χ1v) is 6.04. The van der Waals surface area contributed by atoms with Crippen LogP contribution in [0.15, 0.2) is 4.99 Å². The lowest BCUT2D eigenvalue weighted by atomic mass is 9.95. The molecule has 0 saturated heterocycles. The maximum absolute atomic E-state index is 11.8. The summed E-state index contributed by atoms with van der Waals surface area (Å²) in [5.41, 5.74) is -0.0745. The molecule has 0 aromatic carbocycles. The molecular formula is C12H23N3O. The van der Waals surface area contributed by atoms with Crippen molar-refractivity contribution in [3.63, 3.8) is 0 Å². The molecule has 4 nitrogen and oxygen atoms in total. The van der Waals surface area contributed by atoms with Gasteiger partial charge in [-0.25, -0.2) is 4.99 Å². The summed E-state index contributed by atoms with van der Waals surface area (Å²) < 4.78 is 0. The van der Waals surface area contributed by atoms with E-state index >= 15 is 0 Å². The largest absolute Gasteiger partial charge is 0.351 e. The number of hydrogen-bond acceptors (Lipinski definition) is 3. The van der Waals surface area contributed by atoms with Crippen molar-refractivity contribution in [2.24, 2.45) is 10.9 Å². The van der Waals surface area contributed by atoms with Gasteiger partial charge in [-0.15, -0.1) is 0 Å². The van der Waals surface area contributed by atoms with Crippen molar-refractivity contribution in [1.29, 1.82) is 0 Å². The normalized spacial score (nSPS) is 21.0. The van der Waals surface area contributed by atoms with Crippen LogP contribution in [0.2, 0.25) is 0 Å². The molecule has 0 fully saturated rings. The first-order chi connectivity index (χ1) is 7.37. The Hall–Kier alpha value is -1.06. The van der Waals surface area contributed by atoms with Gasteiger partial charge >= 0.3 is 0 Å². The highest BCUT2D eigenvalue weighted by atomic mass is 16.2. The van der Waals surface area contributed by atoms with Crippen molar-refractivity contribution in [1.82, 2.24) is 10.6 Å². The third-order valence-corrected chi connectivity index (χ3v) is 2.77. The van der Waals surface area contributed by atoms with Gasteiger partial charge in [-0.1, -0.05) is 26.7 Å². The molecule has 92 valence electrons. The zero-order valence-electron chi connectivity index (χ0n) is 10.9. The number of hydrogen-bond donors (Lipinski definition) is 2. The van der Waals surface area contributed by atoms with Gasteiger partial charge in [-0.3, -0.25) is 10.1 Å². The molecule has 0 radical (unpaired) electrons. The monoisotopic (exact) mass is 225 g/mol. The molecule has 16 heavy (non-hydrogen) atoms. The third kappa shape index (κ3) is 3.22. The summed E-state index contributed by atoms with van der Waals surface area (Å²) in [4.78, 5) is 16.2. The molecule has 1 unspecified atom stereocenters. The van der Waals surface area contributed by atoms with E-state index in [-0.39, 0.29) is 17.5 Å². The van der Waals surface area contributed by atoms with E-state index in [0.29, 0.717) is 11.9 Å². The van der Waals surface area contributed by atoms with E-state index in [9.17, 15) is 4.79 Å². The molecule has 0 aromatic heterocycles. The van der Waals surface area contributed by atoms with Crippen LogP contribution in [0.5, 0.6) is 0 Å². The molecule has 0 aliphatic carbocycles. The van der Waals surface area contributed by atoms with E-state index in [2.05, 4.69) is 29.5 Å². The maximum atomic E-state index is 11.8. The Bertz CT molecular complexity index is 287. The Kier molecular flexibility index (Phi) is 3.94. The van der Waals surface area contributed by atoms with Crippen molar-refractivity contribution in [2.75, 3.05) is 0 Å². The molecule has 1 heterocycles. The van der Waals surface area contributed by atoms with Gasteiger partial charge in [0.1, 0.15) is 6.04 Å². The van der Waals surface area contributed by atoms with Gasteiger partial charge < -0.3 is 5.32 Å². The number of guanidine groups is 1. The number of carbonyl (C=O) groups is 1. The molecule has 0 aromatic rings. The Morgan fingerprint density at radius 2 is 1.94 bits per heavy atom. The fourth-order valence-corrected chi connectivity index (χ4v) is 1.89. The molecule has 1 atom stereocenters. The summed E-state index contributed by atoms with van der Waals surface area (Å²) in [6, 6.07) is -0.208. The summed E-state index contributed by atoms with van der Waals surface area (Å²) in [5, 5.41) is 6.01. The molecule has 4 heteroatoms. The predicted octanol–water partition coefficient (Wildman–Crippen LogP) is 1.67. The van der Waals surface area contributed by atoms with Crippen LogP contribution in [0.4, 0.5) is 0 Å². The number of rotatable bonds is 3. The van der Waals surface area contributed by atoms with Gasteiger partial charge in [0.2, 0.25) is 0 Å². The van der Waals surface area contributed by atoms with E-state index < -0.39 is 0 Å². The second-order valence-corrected chi connectivity index (χ2v) is 5.36. The molecule has 1 amide bonds. The highest BCUT2D eigenvalue weighted by Crippen LogP contribution is 2.19. The molecule has 1 aliphatic rings. The van der Waals surface area contributed by atoms with E-state index in [4.69, 9.17) is 0 Å². The average molecular weight is 225 g/mol. The standard InChI is InChI=1S/C12H23N3O/c1-6-8(7-2)9-10(16)14-11(13-9)15-12(3,4)5/h8-9H,6-7H2,1-5H3,(H2,13,14,15,16). The fraction of sp³-hybridized carbons (Fsp3) is 0.833. The summed E-state index contributed by atoms with van der Waals surface area (Å²) in [6.07, 6.45) is 1.97. The van der Waals surface area contributed by atoms with Crippen LogP contribution in [0.3, 0.4) is 0 Å². The first kappa shape index (κ1) is 13.0. The molecule has 0 spiro atoms. The van der Waals surface area contributed by atoms with E-state index in [1.807, 2.05) is 20.8 Å². The minimum absolute atomic E-state index is 0.0282. The zero-order chi connectivity index (χ0) is 12.3. The average Bonchev–Trinajstić information content (AvgIpc) is 2.46. The smallest absolute Gasteiger partial charge is 0.251 e. The van der Waals surface area contributed by atoms with Crippen molar-refractivity contribution in [2.45, 2.75) is 59.0 Å². The number of aliphatic imine (C=N–C) groups is 1. The quantitative estimate of drug-likeness (QED) is 0.767. The van der Waals surface area contributed by atoms with E-state index in [0.717, 1.165) is 12.8 Å². The summed E-state index contributed by atoms with van der Waals surface area (Å²) in [7, 11) is 0. The molecule has 0 saturated carbocycles. The highest BCUT2D eigenvalue weighted by molar-refractivity contribution is 6.05. The second kappa shape index (κ2) is 4.85. The lowest BCUT2D eigenvalue weighted by molar-refractivity contribution is -0.121. The minimum atomic E-state index is -0.208. The highest BCUT2D eigenvalue weighted by Gasteiger charge is 2.32. The van der Waals surface area contributed by atoms with Crippen molar-refractivity contribution >= 4 is 11.9 Å². The zero-order valence-corrected chi connectivity index (χ0v) is 10.9. The molecule has 1 rings (SSSR count). The van der Waals surface area contributed by atoms with Gasteiger partial charge in [0, 0.05) is 5.54 Å². The van der Waals surface area contributed by atoms with Crippen LogP contribution < -0.4 is 10.6 Å². The van der Waals surface area contributed by atoms with E-state index in [1.54, 1.807) is 0 Å². The third-order valence-electron chi connectivity index (χ3n) is 2.77. The topological polar surface area (TPSA) is 53.5 Å². The van der Waals surface area contributed by atoms with Crippen molar-refractivity contribution < 1.29 is 4.79 Å². The Labute approximate surface area is 97.9 Å². The van der Waals surface area contributed by atoms with E-state index in [1.165, 1.54) is 0 Å². The number of nitrogens with one attached hydrogen (secondary N) is 2. The molecule has 2 N–H and O–H groups in total. The summed E-state index contributed by atoms with van der Waals surface area (Å²) in [5.74, 6) is 0.995. The van der Waals surface area contributed by atoms with Crippen LogP contribution in [0, 0.1) is 5.92 Å². The lowest BCUT2D eigenvalue weighted by Gasteiger charge is -2.21. The van der Waals surface area contributed by atoms with Crippen LogP contribution in [-0.4, -0.2) is 23.4 Å². The number of amides is 1. The van der Waals surface area contributed by atoms with Crippen LogP contribution >= 0.6 is 0 Å². The van der Waals surface area contributed by atoms with Crippen molar-refractivity contribution in [3.05, 3.63) is 0 Å². The van der Waals surface area contributed by atoms with Crippen LogP contribution in [0.1, 0.15) is 47.5 Å². The Morgan fingerprint density at radius 3 is 2.38 bits per heavy atom. The van der Waals surface area contributed by atoms with Crippen molar-refractivity contribution in [3.8, 4) is 0 Å². The van der Waals surface area contributed by atoms with Crippen LogP contribution in [-0.2, 0) is 4.79 Å². The fourth-order valence-electron chi connectivity index (χ4n) is 1.89. The molecule has 0 bridgehead atoms. The SMILES string of the molecule is CCC(CC)C1N=C(NC(C)(C)C)NC1=O. The number of carbonyl (C=O) groups excluding carboxylic acids is 1. The number of nitrogens with zero attached hydrogens (tertiary/aromatic N) is 1. The maximum Gasteiger partial charge on any atom is 0.251 e. The summed E-state index contributed by atoms with van der Waals surface area (Å²) >= 11 is 0. The molecule has 1 aliphatic heterocycles. The molecular weight excluding hydrogens is 202 g/mol.